The summed E-state index contributed by atoms with van der Waals surface area (Å²) in [5, 5.41) is 2.77. The van der Waals surface area contributed by atoms with Gasteiger partial charge < -0.3 is 19.7 Å². The molecular weight excluding hydrogens is 436 g/mol. The molecule has 0 saturated carbocycles. The highest BCUT2D eigenvalue weighted by molar-refractivity contribution is 9.10. The van der Waals surface area contributed by atoms with E-state index in [0.29, 0.717) is 18.8 Å². The van der Waals surface area contributed by atoms with E-state index in [1.54, 1.807) is 20.1 Å². The zero-order chi connectivity index (χ0) is 21.4. The van der Waals surface area contributed by atoms with Gasteiger partial charge in [-0.1, -0.05) is 28.1 Å². The summed E-state index contributed by atoms with van der Waals surface area (Å²) < 4.78 is 11.8. The van der Waals surface area contributed by atoms with Gasteiger partial charge >= 0.3 is 0 Å². The first-order chi connectivity index (χ1) is 13.8. The maximum atomic E-state index is 12.9. The van der Waals surface area contributed by atoms with E-state index in [1.165, 1.54) is 4.90 Å². The minimum atomic E-state index is -0.625. The number of amides is 2. The Morgan fingerprint density at radius 3 is 2.38 bits per heavy atom. The largest absolute Gasteiger partial charge is 0.497 e. The Hall–Kier alpha value is -2.54. The SMILES string of the molecule is CCNC(=O)C(C)N(Cc1ccc(OC)cc1)C(=O)COc1ccc(Br)c(C)c1. The highest BCUT2D eigenvalue weighted by Gasteiger charge is 2.26. The van der Waals surface area contributed by atoms with E-state index in [1.807, 2.05) is 50.2 Å². The molecule has 0 saturated heterocycles. The number of likely N-dealkylation sites (N-methyl/N-ethyl adjacent to an activating group) is 1. The molecule has 0 bridgehead atoms. The number of rotatable bonds is 9. The monoisotopic (exact) mass is 462 g/mol. The van der Waals surface area contributed by atoms with Crippen LogP contribution >= 0.6 is 15.9 Å². The minimum Gasteiger partial charge on any atom is -0.497 e. The number of hydrogen-bond donors (Lipinski definition) is 1. The van der Waals surface area contributed by atoms with Crippen molar-refractivity contribution < 1.29 is 19.1 Å². The second-order valence-corrected chi connectivity index (χ2v) is 7.49. The maximum Gasteiger partial charge on any atom is 0.261 e. The molecule has 0 aliphatic heterocycles. The summed E-state index contributed by atoms with van der Waals surface area (Å²) >= 11 is 3.45. The first-order valence-electron chi connectivity index (χ1n) is 9.44. The molecule has 0 aromatic heterocycles. The number of hydrogen-bond acceptors (Lipinski definition) is 4. The molecule has 7 heteroatoms. The zero-order valence-electron chi connectivity index (χ0n) is 17.2. The van der Waals surface area contributed by atoms with Crippen LogP contribution < -0.4 is 14.8 Å². The molecular formula is C22H27BrN2O4. The fourth-order valence-electron chi connectivity index (χ4n) is 2.77. The van der Waals surface area contributed by atoms with Gasteiger partial charge in [-0.3, -0.25) is 9.59 Å². The number of aryl methyl sites for hydroxylation is 1. The molecule has 1 unspecified atom stereocenters. The molecule has 0 aliphatic carbocycles. The lowest BCUT2D eigenvalue weighted by Gasteiger charge is -2.28. The van der Waals surface area contributed by atoms with Crippen LogP contribution in [0.5, 0.6) is 11.5 Å². The van der Waals surface area contributed by atoms with E-state index in [0.717, 1.165) is 21.3 Å². The molecule has 2 aromatic rings. The van der Waals surface area contributed by atoms with Crippen LogP contribution in [-0.4, -0.2) is 43.0 Å². The normalized spacial score (nSPS) is 11.5. The summed E-state index contributed by atoms with van der Waals surface area (Å²) in [4.78, 5) is 26.8. The van der Waals surface area contributed by atoms with E-state index in [4.69, 9.17) is 9.47 Å². The van der Waals surface area contributed by atoms with Crippen LogP contribution in [0, 0.1) is 6.92 Å². The van der Waals surface area contributed by atoms with Crippen LogP contribution in [0.25, 0.3) is 0 Å². The quantitative estimate of drug-likeness (QED) is 0.616. The van der Waals surface area contributed by atoms with Crippen LogP contribution in [-0.2, 0) is 16.1 Å². The molecule has 2 aromatic carbocycles. The Labute approximate surface area is 180 Å². The fraction of sp³-hybridized carbons (Fsp3) is 0.364. The molecule has 0 fully saturated rings. The number of nitrogens with zero attached hydrogens (tertiary/aromatic N) is 1. The van der Waals surface area contributed by atoms with E-state index >= 15 is 0 Å². The Kier molecular flexibility index (Phi) is 8.51. The topological polar surface area (TPSA) is 67.9 Å². The molecule has 29 heavy (non-hydrogen) atoms. The van der Waals surface area contributed by atoms with Gasteiger partial charge in [0.2, 0.25) is 5.91 Å². The summed E-state index contributed by atoms with van der Waals surface area (Å²) in [6.07, 6.45) is 0. The van der Waals surface area contributed by atoms with Gasteiger partial charge in [-0.25, -0.2) is 0 Å². The summed E-state index contributed by atoms with van der Waals surface area (Å²) in [5.74, 6) is 0.875. The number of carbonyl (C=O) groups excluding carboxylic acids is 2. The van der Waals surface area contributed by atoms with Crippen LogP contribution in [0.3, 0.4) is 0 Å². The van der Waals surface area contributed by atoms with Gasteiger partial charge in [0, 0.05) is 17.6 Å². The number of ether oxygens (including phenoxy) is 2. The van der Waals surface area contributed by atoms with E-state index < -0.39 is 6.04 Å². The van der Waals surface area contributed by atoms with Gasteiger partial charge in [-0.2, -0.15) is 0 Å². The average Bonchev–Trinajstić information content (AvgIpc) is 2.72. The van der Waals surface area contributed by atoms with Crippen LogP contribution in [0.4, 0.5) is 0 Å². The second kappa shape index (κ2) is 10.9. The Morgan fingerprint density at radius 1 is 1.14 bits per heavy atom. The highest BCUT2D eigenvalue weighted by atomic mass is 79.9. The van der Waals surface area contributed by atoms with Crippen LogP contribution in [0.15, 0.2) is 46.9 Å². The Morgan fingerprint density at radius 2 is 1.79 bits per heavy atom. The minimum absolute atomic E-state index is 0.152. The highest BCUT2D eigenvalue weighted by Crippen LogP contribution is 2.22. The van der Waals surface area contributed by atoms with Crippen molar-refractivity contribution in [1.82, 2.24) is 10.2 Å². The van der Waals surface area contributed by atoms with Gasteiger partial charge in [0.25, 0.3) is 5.91 Å². The lowest BCUT2D eigenvalue weighted by Crippen LogP contribution is -2.49. The number of nitrogens with one attached hydrogen (secondary N) is 1. The first-order valence-corrected chi connectivity index (χ1v) is 10.2. The standard InChI is InChI=1S/C22H27BrN2O4/c1-5-24-22(27)16(3)25(13-17-6-8-18(28-4)9-7-17)21(26)14-29-19-10-11-20(23)15(2)12-19/h6-12,16H,5,13-14H2,1-4H3,(H,24,27). The predicted octanol–water partition coefficient (Wildman–Crippen LogP) is 3.70. The summed E-state index contributed by atoms with van der Waals surface area (Å²) in [5.41, 5.74) is 1.91. The molecule has 1 N–H and O–H groups in total. The molecule has 6 nitrogen and oxygen atoms in total. The van der Waals surface area contributed by atoms with Crippen molar-refractivity contribution in [3.05, 3.63) is 58.1 Å². The van der Waals surface area contributed by atoms with E-state index in [2.05, 4.69) is 21.2 Å². The summed E-state index contributed by atoms with van der Waals surface area (Å²) in [7, 11) is 1.60. The number of methoxy groups -OCH3 is 1. The van der Waals surface area contributed by atoms with Crippen molar-refractivity contribution in [3.8, 4) is 11.5 Å². The lowest BCUT2D eigenvalue weighted by molar-refractivity contribution is -0.142. The van der Waals surface area contributed by atoms with Gasteiger partial charge in [0.1, 0.15) is 17.5 Å². The molecule has 1 atom stereocenters. The molecule has 156 valence electrons. The van der Waals surface area contributed by atoms with Crippen molar-refractivity contribution >= 4 is 27.7 Å². The van der Waals surface area contributed by atoms with Crippen molar-refractivity contribution in [3.63, 3.8) is 0 Å². The van der Waals surface area contributed by atoms with Gasteiger partial charge in [-0.15, -0.1) is 0 Å². The third-order valence-electron chi connectivity index (χ3n) is 4.52. The Balaban J connectivity index is 2.14. The average molecular weight is 463 g/mol. The second-order valence-electron chi connectivity index (χ2n) is 6.64. The smallest absolute Gasteiger partial charge is 0.261 e. The van der Waals surface area contributed by atoms with Gasteiger partial charge in [-0.05, 0) is 62.2 Å². The number of carbonyl (C=O) groups is 2. The molecule has 2 rings (SSSR count). The van der Waals surface area contributed by atoms with Crippen molar-refractivity contribution in [2.45, 2.75) is 33.4 Å². The van der Waals surface area contributed by atoms with Crippen LogP contribution in [0.2, 0.25) is 0 Å². The summed E-state index contributed by atoms with van der Waals surface area (Å²) in [6, 6.07) is 12.3. The Bertz CT molecular complexity index is 839. The van der Waals surface area contributed by atoms with Crippen molar-refractivity contribution in [2.75, 3.05) is 20.3 Å². The number of halogens is 1. The first kappa shape index (κ1) is 22.7. The number of benzene rings is 2. The third kappa shape index (κ3) is 6.49. The molecule has 2 amide bonds. The summed E-state index contributed by atoms with van der Waals surface area (Å²) in [6.45, 7) is 6.16. The molecule has 0 heterocycles. The molecule has 0 radical (unpaired) electrons. The molecule has 0 spiro atoms. The van der Waals surface area contributed by atoms with E-state index in [-0.39, 0.29) is 18.4 Å². The fourth-order valence-corrected chi connectivity index (χ4v) is 3.01. The van der Waals surface area contributed by atoms with Crippen molar-refractivity contribution in [2.24, 2.45) is 0 Å². The van der Waals surface area contributed by atoms with Gasteiger partial charge in [0.05, 0.1) is 7.11 Å². The van der Waals surface area contributed by atoms with Gasteiger partial charge in [0.15, 0.2) is 6.61 Å². The zero-order valence-corrected chi connectivity index (χ0v) is 18.8. The predicted molar refractivity (Wildman–Crippen MR) is 116 cm³/mol. The maximum absolute atomic E-state index is 12.9. The molecule has 0 aliphatic rings. The third-order valence-corrected chi connectivity index (χ3v) is 5.41. The van der Waals surface area contributed by atoms with Crippen molar-refractivity contribution in [1.29, 1.82) is 0 Å². The lowest BCUT2D eigenvalue weighted by atomic mass is 10.1. The van der Waals surface area contributed by atoms with Crippen LogP contribution in [0.1, 0.15) is 25.0 Å². The van der Waals surface area contributed by atoms with E-state index in [9.17, 15) is 9.59 Å².